The first-order valence-corrected chi connectivity index (χ1v) is 20.8. The molecule has 1 radical (unpaired) electrons. The summed E-state index contributed by atoms with van der Waals surface area (Å²) in [5.41, 5.74) is 8.62. The molecule has 0 bridgehead atoms. The SMILES string of the molecule is [2H]C(C)(C)c1cc(-c2[c-]cccc2)ncc1[Si](C)(C)C.[Ir].[c-]1ccc2c(oc3ccccc32)c1-c1nc2ccccc2n1-c1cccc2ccccc12. The maximum atomic E-state index is 8.44. The number of para-hydroxylation sites is 3. The van der Waals surface area contributed by atoms with Crippen molar-refractivity contribution in [2.24, 2.45) is 0 Å². The maximum absolute atomic E-state index is 8.44. The molecule has 0 fully saturated rings. The average molecular weight is 871 g/mol. The zero-order valence-corrected chi connectivity index (χ0v) is 33.3. The van der Waals surface area contributed by atoms with Gasteiger partial charge >= 0.3 is 0 Å². The van der Waals surface area contributed by atoms with E-state index >= 15 is 0 Å². The van der Waals surface area contributed by atoms with Crippen LogP contribution in [0.3, 0.4) is 0 Å². The summed E-state index contributed by atoms with van der Waals surface area (Å²) in [5, 5.41) is 5.82. The summed E-state index contributed by atoms with van der Waals surface area (Å²) in [7, 11) is -1.50. The van der Waals surface area contributed by atoms with Crippen molar-refractivity contribution < 1.29 is 25.9 Å². The predicted molar refractivity (Wildman–Crippen MR) is 216 cm³/mol. The molecule has 0 N–H and O–H groups in total. The van der Waals surface area contributed by atoms with Crippen LogP contribution in [0.15, 0.2) is 144 Å². The molecule has 0 aliphatic rings. The average Bonchev–Trinajstić information content (AvgIpc) is 3.73. The van der Waals surface area contributed by atoms with Crippen LogP contribution in [0.1, 0.15) is 26.7 Å². The first-order valence-electron chi connectivity index (χ1n) is 17.8. The molecule has 0 aliphatic carbocycles. The molecule has 0 amide bonds. The van der Waals surface area contributed by atoms with Crippen molar-refractivity contribution in [2.75, 3.05) is 0 Å². The second-order valence-electron chi connectivity index (χ2n) is 14.1. The Kier molecular flexibility index (Phi) is 9.46. The Morgan fingerprint density at radius 2 is 1.48 bits per heavy atom. The van der Waals surface area contributed by atoms with Crippen LogP contribution in [-0.2, 0) is 20.1 Å². The Morgan fingerprint density at radius 3 is 2.27 bits per heavy atom. The number of hydrogen-bond acceptors (Lipinski definition) is 3. The Balaban J connectivity index is 0.000000180. The summed E-state index contributed by atoms with van der Waals surface area (Å²) in [4.78, 5) is 9.67. The van der Waals surface area contributed by atoms with E-state index in [1.54, 1.807) is 0 Å². The summed E-state index contributed by atoms with van der Waals surface area (Å²) in [6.45, 7) is 10.8. The number of benzene rings is 6. The minimum atomic E-state index is -1.50. The minimum Gasteiger partial charge on any atom is -0.501 e. The van der Waals surface area contributed by atoms with Crippen LogP contribution < -0.4 is 5.19 Å². The number of rotatable bonds is 5. The number of aromatic nitrogens is 3. The van der Waals surface area contributed by atoms with Crippen molar-refractivity contribution in [3.63, 3.8) is 0 Å². The number of fused-ring (bicyclic) bond motifs is 5. The molecule has 0 saturated carbocycles. The van der Waals surface area contributed by atoms with E-state index in [0.29, 0.717) is 0 Å². The summed E-state index contributed by atoms with van der Waals surface area (Å²) < 4.78 is 17.0. The summed E-state index contributed by atoms with van der Waals surface area (Å²) in [6.07, 6.45) is 1.98. The maximum Gasteiger partial charge on any atom is 0.120 e. The zero-order valence-electron chi connectivity index (χ0n) is 30.9. The van der Waals surface area contributed by atoms with Gasteiger partial charge in [0.15, 0.2) is 0 Å². The Hall–Kier alpha value is -5.13. The van der Waals surface area contributed by atoms with Crippen molar-refractivity contribution in [1.29, 1.82) is 0 Å². The topological polar surface area (TPSA) is 43.9 Å². The summed E-state index contributed by atoms with van der Waals surface area (Å²) >= 11 is 0. The molecule has 52 heavy (non-hydrogen) atoms. The third kappa shape index (κ3) is 6.54. The first-order chi connectivity index (χ1) is 25.1. The van der Waals surface area contributed by atoms with Crippen molar-refractivity contribution in [2.45, 2.75) is 39.4 Å². The van der Waals surface area contributed by atoms with E-state index in [9.17, 15) is 0 Å². The molecule has 0 atom stereocenters. The van der Waals surface area contributed by atoms with Gasteiger partial charge in [0.05, 0.1) is 30.5 Å². The molecule has 259 valence electrons. The molecule has 3 heterocycles. The molecule has 9 aromatic rings. The Bertz CT molecular complexity index is 2720. The molecule has 3 aromatic heterocycles. The van der Waals surface area contributed by atoms with Gasteiger partial charge in [-0.25, -0.2) is 0 Å². The molecule has 0 aliphatic heterocycles. The number of nitrogens with zero attached hydrogens (tertiary/aromatic N) is 3. The number of pyridine rings is 1. The van der Waals surface area contributed by atoms with Crippen LogP contribution in [0.4, 0.5) is 0 Å². The Labute approximate surface area is 320 Å². The van der Waals surface area contributed by atoms with Gasteiger partial charge < -0.3 is 14.0 Å². The number of imidazole rings is 1. The molecule has 0 spiro atoms. The molecule has 4 nitrogen and oxygen atoms in total. The van der Waals surface area contributed by atoms with Crippen molar-refractivity contribution in [1.82, 2.24) is 14.5 Å². The van der Waals surface area contributed by atoms with Crippen LogP contribution in [0.25, 0.3) is 72.1 Å². The van der Waals surface area contributed by atoms with Gasteiger partial charge in [-0.2, -0.15) is 0 Å². The van der Waals surface area contributed by atoms with Gasteiger partial charge in [0.1, 0.15) is 5.58 Å². The van der Waals surface area contributed by atoms with E-state index in [-0.39, 0.29) is 20.1 Å². The molecule has 0 saturated heterocycles. The van der Waals surface area contributed by atoms with Gasteiger partial charge in [0, 0.05) is 44.1 Å². The monoisotopic (exact) mass is 871 g/mol. The predicted octanol–water partition coefficient (Wildman–Crippen LogP) is 11.8. The molecular formula is C46H39IrN3OSi-2. The van der Waals surface area contributed by atoms with Crippen molar-refractivity contribution in [3.8, 4) is 28.3 Å². The van der Waals surface area contributed by atoms with E-state index < -0.39 is 14.0 Å². The van der Waals surface area contributed by atoms with E-state index in [1.807, 2.05) is 74.6 Å². The second kappa shape index (κ2) is 14.5. The minimum absolute atomic E-state index is 0. The second-order valence-corrected chi connectivity index (χ2v) is 19.1. The standard InChI is InChI=1S/C29H17N2O.C17H22NSi.Ir/c1-2-11-20-19(9-1)10-7-17-25(20)31-26-16-5-4-15-24(26)30-29(31)23-14-8-13-22-21-12-3-6-18-27(21)32-28(22)23;1-13(2)15-11-16(14-9-7-6-8-10-14)18-12-17(15)19(3,4)5;/h1-13,15-18H;6-9,11-13H,1-5H3;/q2*-1;/i;13D;. The first kappa shape index (κ1) is 34.0. The third-order valence-corrected chi connectivity index (χ3v) is 11.4. The molecule has 9 rings (SSSR count). The van der Waals surface area contributed by atoms with Crippen LogP contribution >= 0.6 is 0 Å². The van der Waals surface area contributed by atoms with Gasteiger partial charge in [-0.3, -0.25) is 4.98 Å². The van der Waals surface area contributed by atoms with Gasteiger partial charge in [-0.05, 0) is 46.4 Å². The number of hydrogen-bond donors (Lipinski definition) is 0. The fraction of sp³-hybridized carbons (Fsp3) is 0.130. The van der Waals surface area contributed by atoms with Gasteiger partial charge in [-0.1, -0.05) is 123 Å². The van der Waals surface area contributed by atoms with Crippen molar-refractivity contribution in [3.05, 3.63) is 157 Å². The Morgan fingerprint density at radius 1 is 0.750 bits per heavy atom. The molecule has 0 unspecified atom stereocenters. The van der Waals surface area contributed by atoms with E-state index in [2.05, 4.69) is 120 Å². The molecule has 6 heteroatoms. The summed E-state index contributed by atoms with van der Waals surface area (Å²) in [6, 6.07) is 51.8. The quantitative estimate of drug-likeness (QED) is 0.128. The third-order valence-electron chi connectivity index (χ3n) is 9.37. The largest absolute Gasteiger partial charge is 0.501 e. The van der Waals surface area contributed by atoms with Crippen molar-refractivity contribution >= 4 is 57.0 Å². The van der Waals surface area contributed by atoms with Gasteiger partial charge in [0.2, 0.25) is 0 Å². The van der Waals surface area contributed by atoms with Crippen LogP contribution in [0.5, 0.6) is 0 Å². The van der Waals surface area contributed by atoms with Crippen LogP contribution in [0, 0.1) is 12.1 Å². The van der Waals surface area contributed by atoms with E-state index in [4.69, 9.17) is 10.8 Å². The smallest absolute Gasteiger partial charge is 0.120 e. The van der Waals surface area contributed by atoms with Gasteiger partial charge in [0.25, 0.3) is 0 Å². The zero-order chi connectivity index (χ0) is 36.0. The number of furan rings is 1. The van der Waals surface area contributed by atoms with E-state index in [1.165, 1.54) is 16.0 Å². The van der Waals surface area contributed by atoms with E-state index in [0.717, 1.165) is 66.9 Å². The fourth-order valence-corrected chi connectivity index (χ4v) is 8.45. The van der Waals surface area contributed by atoms with Crippen LogP contribution in [0.2, 0.25) is 19.6 Å². The summed E-state index contributed by atoms with van der Waals surface area (Å²) in [5.74, 6) is 0.217. The molecular weight excluding hydrogens is 831 g/mol. The normalized spacial score (nSPS) is 12.1. The van der Waals surface area contributed by atoms with Gasteiger partial charge in [-0.15, -0.1) is 54.1 Å². The fourth-order valence-electron chi connectivity index (χ4n) is 6.86. The molecule has 6 aromatic carbocycles. The van der Waals surface area contributed by atoms with Crippen LogP contribution in [-0.4, -0.2) is 22.6 Å².